The Morgan fingerprint density at radius 3 is 1.81 bits per heavy atom. The van der Waals surface area contributed by atoms with Gasteiger partial charge in [0.2, 0.25) is 11.6 Å². The first kappa shape index (κ1) is 55.3. The van der Waals surface area contributed by atoms with Crippen LogP contribution in [-0.4, -0.2) is 113 Å². The summed E-state index contributed by atoms with van der Waals surface area (Å²) in [4.78, 5) is 45.4. The monoisotopic (exact) mass is 878 g/mol. The largest absolute Gasteiger partial charge is 0.489 e. The van der Waals surface area contributed by atoms with Gasteiger partial charge in [-0.2, -0.15) is 0 Å². The van der Waals surface area contributed by atoms with E-state index in [0.717, 1.165) is 59.3 Å². The van der Waals surface area contributed by atoms with Gasteiger partial charge in [0.15, 0.2) is 5.65 Å². The minimum Gasteiger partial charge on any atom is -0.489 e. The minimum absolute atomic E-state index is 0. The summed E-state index contributed by atoms with van der Waals surface area (Å²) in [5, 5.41) is 23.8. The van der Waals surface area contributed by atoms with Crippen LogP contribution in [0.1, 0.15) is 27.8 Å². The van der Waals surface area contributed by atoms with Crippen LogP contribution in [0.5, 0.6) is 5.75 Å². The molecule has 0 saturated heterocycles. The van der Waals surface area contributed by atoms with Gasteiger partial charge >= 0.3 is 11.4 Å². The van der Waals surface area contributed by atoms with Crippen molar-refractivity contribution in [2.45, 2.75) is 28.9 Å². The second-order valence-corrected chi connectivity index (χ2v) is 13.7. The normalized spacial score (nSPS) is 9.90. The summed E-state index contributed by atoms with van der Waals surface area (Å²) in [5.74, 6) is 2.84. The highest BCUT2D eigenvalue weighted by Crippen LogP contribution is 2.25. The van der Waals surface area contributed by atoms with E-state index in [1.54, 1.807) is 6.07 Å². The molecule has 0 radical (unpaired) electrons. The van der Waals surface area contributed by atoms with Gasteiger partial charge in [-0.25, -0.2) is 19.9 Å². The van der Waals surface area contributed by atoms with Crippen LogP contribution in [0.4, 0.5) is 34.6 Å². The minimum atomic E-state index is -0.612. The number of H-pyrrole nitrogens is 1. The lowest BCUT2D eigenvalue weighted by molar-refractivity contribution is -0.384. The molecule has 20 heteroatoms. The highest BCUT2D eigenvalue weighted by Gasteiger charge is 2.13. The SMILES string of the molecule is C.C.C.CN(C)CCN.CN(C)CCNc1ccc([N+](=O)[O-])c(N)n1.CN(C)c1ccc2[nH]c(-c3ccc(OCc4ccccc4)cc3)nc2n1.Nc1nc(Cl)ccc1[N+](=O)[O-]. The molecule has 0 amide bonds. The van der Waals surface area contributed by atoms with Crippen LogP contribution in [0.3, 0.4) is 0 Å². The number of nitrogens with two attached hydrogens (primary N) is 3. The Labute approximate surface area is 369 Å². The van der Waals surface area contributed by atoms with Crippen molar-refractivity contribution in [3.8, 4) is 17.1 Å². The number of nitrogens with zero attached hydrogens (tertiary/aromatic N) is 9. The van der Waals surface area contributed by atoms with E-state index in [0.29, 0.717) is 19.0 Å². The maximum Gasteiger partial charge on any atom is 0.311 e. The number of nitrogen functional groups attached to an aromatic ring is 2. The van der Waals surface area contributed by atoms with E-state index in [1.165, 1.54) is 18.2 Å². The smallest absolute Gasteiger partial charge is 0.311 e. The lowest BCUT2D eigenvalue weighted by Crippen LogP contribution is -2.21. The summed E-state index contributed by atoms with van der Waals surface area (Å²) < 4.78 is 5.84. The number of hydrogen-bond donors (Lipinski definition) is 5. The Hall–Kier alpha value is -6.67. The maximum atomic E-state index is 10.5. The van der Waals surface area contributed by atoms with Gasteiger partial charge in [0.1, 0.15) is 35.0 Å². The lowest BCUT2D eigenvalue weighted by atomic mass is 10.2. The molecule has 0 fully saturated rings. The first-order valence-corrected chi connectivity index (χ1v) is 18.5. The number of benzene rings is 2. The standard InChI is InChI=1S/C21H20N4O.C9H15N5O2.C5H4ClN3O2.C4H12N2.3CH4/c1-25(2)19-13-12-18-21(23-19)24-20(22-18)16-8-10-17(11-9-16)26-14-15-6-4-3-5-7-15;1-13(2)6-5-11-8-4-3-7(14(15)16)9(10)12-8;6-4-2-1-3(9(10)11)5(7)8-4;1-6(2)4-3-5;;;/h3-13H,14H2,1-2H3,(H,22,23,24);3-4H,5-6H2,1-2H3,(H3,10,11,12);1-2H,(H2,7,8);3-5H2,1-2H3;3*1H4. The molecule has 0 saturated carbocycles. The molecule has 4 aromatic heterocycles. The first-order valence-electron chi connectivity index (χ1n) is 18.1. The number of anilines is 4. The van der Waals surface area contributed by atoms with E-state index in [-0.39, 0.29) is 50.4 Å². The number of likely N-dealkylation sites (N-methyl/N-ethyl adjacent to an activating group) is 2. The molecule has 6 rings (SSSR count). The van der Waals surface area contributed by atoms with Crippen LogP contribution >= 0.6 is 11.6 Å². The van der Waals surface area contributed by atoms with E-state index in [9.17, 15) is 20.2 Å². The third kappa shape index (κ3) is 18.7. The maximum absolute atomic E-state index is 10.5. The predicted molar refractivity (Wildman–Crippen MR) is 255 cm³/mol. The second-order valence-electron chi connectivity index (χ2n) is 13.3. The molecule has 6 aromatic rings. The number of nitrogens with one attached hydrogen (secondary N) is 2. The quantitative estimate of drug-likeness (QED) is 0.0428. The summed E-state index contributed by atoms with van der Waals surface area (Å²) in [6.45, 7) is 3.85. The average molecular weight is 880 g/mol. The Morgan fingerprint density at radius 1 is 0.726 bits per heavy atom. The molecule has 4 heterocycles. The van der Waals surface area contributed by atoms with Gasteiger partial charge in [0, 0.05) is 58.0 Å². The zero-order valence-corrected chi connectivity index (χ0v) is 34.6. The molecular formula is C42H63ClN14O5. The number of ether oxygens (including phenoxy) is 1. The summed E-state index contributed by atoms with van der Waals surface area (Å²) in [7, 11) is 11.9. The summed E-state index contributed by atoms with van der Waals surface area (Å²) in [6, 6.07) is 27.5. The van der Waals surface area contributed by atoms with E-state index < -0.39 is 9.85 Å². The van der Waals surface area contributed by atoms with Gasteiger partial charge in [-0.3, -0.25) is 20.2 Å². The van der Waals surface area contributed by atoms with Crippen LogP contribution in [-0.2, 0) is 6.61 Å². The molecule has 0 unspecified atom stereocenters. The third-order valence-electron chi connectivity index (χ3n) is 7.77. The highest BCUT2D eigenvalue weighted by atomic mass is 35.5. The zero-order valence-electron chi connectivity index (χ0n) is 33.9. The van der Waals surface area contributed by atoms with Gasteiger partial charge < -0.3 is 46.9 Å². The highest BCUT2D eigenvalue weighted by molar-refractivity contribution is 6.29. The van der Waals surface area contributed by atoms with Crippen molar-refractivity contribution in [3.05, 3.63) is 122 Å². The first-order chi connectivity index (χ1) is 28.1. The van der Waals surface area contributed by atoms with Crippen molar-refractivity contribution in [2.75, 3.05) is 90.1 Å². The average Bonchev–Trinajstić information content (AvgIpc) is 3.62. The fourth-order valence-corrected chi connectivity index (χ4v) is 4.86. The Kier molecular flexibility index (Phi) is 25.0. The third-order valence-corrected chi connectivity index (χ3v) is 7.98. The van der Waals surface area contributed by atoms with Crippen molar-refractivity contribution >= 4 is 57.4 Å². The van der Waals surface area contributed by atoms with Gasteiger partial charge in [-0.1, -0.05) is 64.2 Å². The molecule has 0 aliphatic rings. The number of aromatic nitrogens is 5. The van der Waals surface area contributed by atoms with Crippen molar-refractivity contribution in [2.24, 2.45) is 5.73 Å². The lowest BCUT2D eigenvalue weighted by Gasteiger charge is -2.10. The molecule has 0 aliphatic carbocycles. The van der Waals surface area contributed by atoms with Crippen LogP contribution in [0.15, 0.2) is 91.0 Å². The summed E-state index contributed by atoms with van der Waals surface area (Å²) in [5.41, 5.74) is 19.2. The molecule has 8 N–H and O–H groups in total. The number of rotatable bonds is 13. The Balaban J connectivity index is 0.000000890. The molecule has 338 valence electrons. The fraction of sp³-hybridized carbons (Fsp3) is 0.333. The van der Waals surface area contributed by atoms with Crippen LogP contribution < -0.4 is 32.2 Å². The Bertz CT molecular complexity index is 2220. The predicted octanol–water partition coefficient (Wildman–Crippen LogP) is 7.46. The number of hydrogen-bond acceptors (Lipinski definition) is 16. The van der Waals surface area contributed by atoms with Crippen molar-refractivity contribution in [3.63, 3.8) is 0 Å². The summed E-state index contributed by atoms with van der Waals surface area (Å²) >= 11 is 5.41. The number of nitro groups is 2. The van der Waals surface area contributed by atoms with E-state index >= 15 is 0 Å². The summed E-state index contributed by atoms with van der Waals surface area (Å²) in [6.07, 6.45) is 0. The van der Waals surface area contributed by atoms with Crippen LogP contribution in [0, 0.1) is 20.2 Å². The number of imidazole rings is 1. The topological polar surface area (TPSA) is 263 Å². The van der Waals surface area contributed by atoms with Crippen molar-refractivity contribution in [1.82, 2.24) is 34.7 Å². The van der Waals surface area contributed by atoms with E-state index in [2.05, 4.69) is 47.3 Å². The molecule has 19 nitrogen and oxygen atoms in total. The Morgan fingerprint density at radius 2 is 1.31 bits per heavy atom. The molecule has 62 heavy (non-hydrogen) atoms. The molecule has 0 atom stereocenters. The van der Waals surface area contributed by atoms with Gasteiger partial charge in [0.05, 0.1) is 15.4 Å². The zero-order chi connectivity index (χ0) is 43.5. The number of fused-ring (bicyclic) bond motifs is 1. The van der Waals surface area contributed by atoms with Gasteiger partial charge in [0.25, 0.3) is 0 Å². The van der Waals surface area contributed by atoms with E-state index in [4.69, 9.17) is 33.5 Å². The second kappa shape index (κ2) is 28.0. The molecule has 0 bridgehead atoms. The number of aromatic amines is 1. The van der Waals surface area contributed by atoms with Gasteiger partial charge in [-0.15, -0.1) is 0 Å². The molecule has 0 spiro atoms. The fourth-order valence-electron chi connectivity index (χ4n) is 4.70. The van der Waals surface area contributed by atoms with Crippen molar-refractivity contribution in [1.29, 1.82) is 0 Å². The van der Waals surface area contributed by atoms with E-state index in [1.807, 2.05) is 107 Å². The number of halogens is 1. The van der Waals surface area contributed by atoms with Crippen LogP contribution in [0.25, 0.3) is 22.6 Å². The van der Waals surface area contributed by atoms with Crippen molar-refractivity contribution < 1.29 is 14.6 Å². The number of pyridine rings is 3. The molecule has 0 aliphatic heterocycles. The van der Waals surface area contributed by atoms with Crippen LogP contribution in [0.2, 0.25) is 5.15 Å². The molecular weight excluding hydrogens is 816 g/mol. The van der Waals surface area contributed by atoms with Gasteiger partial charge in [-0.05, 0) is 82.3 Å². The molecule has 2 aromatic carbocycles.